The fourth-order valence-electron chi connectivity index (χ4n) is 6.34. The Labute approximate surface area is 216 Å². The lowest BCUT2D eigenvalue weighted by molar-refractivity contribution is 0.114. The number of benzene rings is 2. The molecule has 2 heteroatoms. The monoisotopic (exact) mass is 486 g/mol. The molecule has 4 unspecified atom stereocenters. The van der Waals surface area contributed by atoms with Crippen molar-refractivity contribution < 1.29 is 8.78 Å². The minimum Gasteiger partial charge on any atom is -0.207 e. The van der Waals surface area contributed by atoms with Crippen molar-refractivity contribution in [1.82, 2.24) is 0 Å². The van der Waals surface area contributed by atoms with E-state index in [4.69, 9.17) is 0 Å². The van der Waals surface area contributed by atoms with Gasteiger partial charge in [-0.2, -0.15) is 0 Å². The highest BCUT2D eigenvalue weighted by Crippen LogP contribution is 2.48. The molecule has 0 nitrogen and oxygen atoms in total. The maximum absolute atomic E-state index is 15.1. The molecule has 0 N–H and O–H groups in total. The summed E-state index contributed by atoms with van der Waals surface area (Å²) in [7, 11) is 0. The van der Waals surface area contributed by atoms with E-state index in [9.17, 15) is 4.39 Å². The maximum atomic E-state index is 15.1. The molecule has 0 bridgehead atoms. The molecule has 2 fully saturated rings. The molecule has 0 aliphatic heterocycles. The fraction of sp³-hybridized carbons (Fsp3) is 0.471. The molecule has 4 atom stereocenters. The van der Waals surface area contributed by atoms with Gasteiger partial charge in [-0.15, -0.1) is 0 Å². The molecular weight excluding hydrogens is 446 g/mol. The predicted octanol–water partition coefficient (Wildman–Crippen LogP) is 9.53. The van der Waals surface area contributed by atoms with Crippen LogP contribution in [-0.2, 0) is 6.42 Å². The van der Waals surface area contributed by atoms with Crippen molar-refractivity contribution >= 4 is 0 Å². The summed E-state index contributed by atoms with van der Waals surface area (Å²) >= 11 is 0. The Balaban J connectivity index is 1.36. The average Bonchev–Trinajstić information content (AvgIpc) is 2.88. The van der Waals surface area contributed by atoms with Gasteiger partial charge >= 0.3 is 0 Å². The number of rotatable bonds is 7. The normalized spacial score (nSPS) is 24.0. The molecule has 0 spiro atoms. The third-order valence-corrected chi connectivity index (χ3v) is 8.36. The van der Waals surface area contributed by atoms with E-state index in [1.165, 1.54) is 44.6 Å². The van der Waals surface area contributed by atoms with Crippen LogP contribution in [0.15, 0.2) is 60.7 Å². The Hall–Kier alpha value is -2.66. The summed E-state index contributed by atoms with van der Waals surface area (Å²) in [6.07, 6.45) is 19.9. The Morgan fingerprint density at radius 2 is 1.44 bits per heavy atom. The number of halogens is 2. The van der Waals surface area contributed by atoms with E-state index >= 15 is 4.39 Å². The molecule has 190 valence electrons. The van der Waals surface area contributed by atoms with Crippen LogP contribution in [0, 0.1) is 41.2 Å². The molecule has 0 amide bonds. The number of fused-ring (bicyclic) bond motifs is 1. The van der Waals surface area contributed by atoms with Crippen LogP contribution in [0.25, 0.3) is 0 Å². The molecule has 2 aliphatic rings. The third kappa shape index (κ3) is 6.97. The Bertz CT molecular complexity index is 1130. The molecule has 0 saturated heterocycles. The molecule has 2 aliphatic carbocycles. The lowest BCUT2D eigenvalue weighted by atomic mass is 9.63. The zero-order chi connectivity index (χ0) is 25.3. The standard InChI is InChI=1S/C34H40F2/c1-3-5-7-9-25-14-17-30-24-31(19-18-29(30)21-25)32-20-15-27(23-34(32)36)12-11-26-13-16-28(33(35)22-26)10-8-6-4-2/h3-6,13,15-16,20,22-23,25,29-31H,7-10,14,17-19,21,24H2,1-2H3/b5-3+,6-4+. The molecule has 0 radical (unpaired) electrons. The molecular formula is C34H40F2. The van der Waals surface area contributed by atoms with E-state index < -0.39 is 0 Å². The largest absolute Gasteiger partial charge is 0.207 e. The minimum atomic E-state index is -0.227. The molecule has 0 aromatic heterocycles. The predicted molar refractivity (Wildman–Crippen MR) is 147 cm³/mol. The first kappa shape index (κ1) is 26.4. The van der Waals surface area contributed by atoms with Crippen molar-refractivity contribution in [3.05, 3.63) is 94.6 Å². The number of hydrogen-bond acceptors (Lipinski definition) is 0. The second kappa shape index (κ2) is 13.0. The van der Waals surface area contributed by atoms with Gasteiger partial charge in [-0.3, -0.25) is 0 Å². The maximum Gasteiger partial charge on any atom is 0.127 e. The van der Waals surface area contributed by atoms with Gasteiger partial charge in [0.1, 0.15) is 11.6 Å². The second-order valence-electron chi connectivity index (χ2n) is 10.8. The van der Waals surface area contributed by atoms with Gasteiger partial charge in [-0.1, -0.05) is 54.7 Å². The van der Waals surface area contributed by atoms with Gasteiger partial charge in [0.15, 0.2) is 0 Å². The lowest BCUT2D eigenvalue weighted by Gasteiger charge is -2.42. The Kier molecular flexibility index (Phi) is 9.57. The fourth-order valence-corrected chi connectivity index (χ4v) is 6.34. The molecule has 2 aromatic carbocycles. The van der Waals surface area contributed by atoms with Gasteiger partial charge in [0, 0.05) is 11.1 Å². The summed E-state index contributed by atoms with van der Waals surface area (Å²) in [6, 6.07) is 10.6. The summed E-state index contributed by atoms with van der Waals surface area (Å²) in [5.74, 6) is 8.43. The summed E-state index contributed by atoms with van der Waals surface area (Å²) in [5.41, 5.74) is 2.81. The highest BCUT2D eigenvalue weighted by molar-refractivity contribution is 5.45. The first-order chi connectivity index (χ1) is 17.6. The first-order valence-electron chi connectivity index (χ1n) is 13.9. The highest BCUT2D eigenvalue weighted by Gasteiger charge is 2.36. The van der Waals surface area contributed by atoms with Crippen LogP contribution in [0.3, 0.4) is 0 Å². The van der Waals surface area contributed by atoms with Crippen LogP contribution in [-0.4, -0.2) is 0 Å². The van der Waals surface area contributed by atoms with E-state index in [1.54, 1.807) is 12.1 Å². The van der Waals surface area contributed by atoms with E-state index in [0.29, 0.717) is 29.0 Å². The summed E-state index contributed by atoms with van der Waals surface area (Å²) in [6.45, 7) is 4.07. The number of aryl methyl sites for hydroxylation is 1. The molecule has 2 aromatic rings. The van der Waals surface area contributed by atoms with Crippen LogP contribution in [0.2, 0.25) is 0 Å². The van der Waals surface area contributed by atoms with Gasteiger partial charge in [-0.25, -0.2) is 8.78 Å². The smallest absolute Gasteiger partial charge is 0.127 e. The summed E-state index contributed by atoms with van der Waals surface area (Å²) in [4.78, 5) is 0. The zero-order valence-electron chi connectivity index (χ0n) is 21.9. The minimum absolute atomic E-state index is 0.143. The zero-order valence-corrected chi connectivity index (χ0v) is 21.9. The van der Waals surface area contributed by atoms with Crippen LogP contribution < -0.4 is 0 Å². The molecule has 0 heterocycles. The van der Waals surface area contributed by atoms with E-state index in [-0.39, 0.29) is 11.6 Å². The van der Waals surface area contributed by atoms with E-state index in [2.05, 4.69) is 30.9 Å². The van der Waals surface area contributed by atoms with Crippen molar-refractivity contribution in [3.63, 3.8) is 0 Å². The number of allylic oxidation sites excluding steroid dienone is 4. The average molecular weight is 487 g/mol. The number of hydrogen-bond donors (Lipinski definition) is 0. The Morgan fingerprint density at radius 3 is 2.17 bits per heavy atom. The van der Waals surface area contributed by atoms with Crippen LogP contribution in [0.4, 0.5) is 8.78 Å². The van der Waals surface area contributed by atoms with Crippen LogP contribution in [0.5, 0.6) is 0 Å². The highest BCUT2D eigenvalue weighted by atomic mass is 19.1. The summed E-state index contributed by atoms with van der Waals surface area (Å²) in [5, 5.41) is 0. The van der Waals surface area contributed by atoms with Gasteiger partial charge in [0.25, 0.3) is 0 Å². The van der Waals surface area contributed by atoms with Gasteiger partial charge in [0.2, 0.25) is 0 Å². The molecule has 2 saturated carbocycles. The first-order valence-corrected chi connectivity index (χ1v) is 13.9. The van der Waals surface area contributed by atoms with Crippen molar-refractivity contribution in [2.24, 2.45) is 17.8 Å². The third-order valence-electron chi connectivity index (χ3n) is 8.36. The van der Waals surface area contributed by atoms with Crippen LogP contribution >= 0.6 is 0 Å². The summed E-state index contributed by atoms with van der Waals surface area (Å²) < 4.78 is 29.5. The van der Waals surface area contributed by atoms with Crippen molar-refractivity contribution in [1.29, 1.82) is 0 Å². The quantitative estimate of drug-likeness (QED) is 0.270. The van der Waals surface area contributed by atoms with Gasteiger partial charge in [-0.05, 0) is 131 Å². The molecule has 36 heavy (non-hydrogen) atoms. The van der Waals surface area contributed by atoms with Crippen molar-refractivity contribution in [2.75, 3.05) is 0 Å². The lowest BCUT2D eigenvalue weighted by Crippen LogP contribution is -2.30. The van der Waals surface area contributed by atoms with Gasteiger partial charge < -0.3 is 0 Å². The van der Waals surface area contributed by atoms with Gasteiger partial charge in [0.05, 0.1) is 0 Å². The van der Waals surface area contributed by atoms with E-state index in [0.717, 1.165) is 42.6 Å². The topological polar surface area (TPSA) is 0 Å². The van der Waals surface area contributed by atoms with Crippen molar-refractivity contribution in [2.45, 2.75) is 84.0 Å². The second-order valence-corrected chi connectivity index (χ2v) is 10.8. The molecule has 4 rings (SSSR count). The van der Waals surface area contributed by atoms with E-state index in [1.807, 2.05) is 37.3 Å². The van der Waals surface area contributed by atoms with Crippen LogP contribution in [0.1, 0.15) is 99.8 Å². The van der Waals surface area contributed by atoms with Crippen molar-refractivity contribution in [3.8, 4) is 11.8 Å². The Morgan fingerprint density at radius 1 is 0.778 bits per heavy atom. The SMILES string of the molecule is C/C=C/CCc1ccc(C#Cc2ccc(C3CCC4CC(CC/C=C/C)CCC4C3)c(F)c2)cc1F.